The van der Waals surface area contributed by atoms with Crippen molar-refractivity contribution in [2.45, 2.75) is 38.1 Å². The first-order valence-electron chi connectivity index (χ1n) is 10.6. The Morgan fingerprint density at radius 3 is 2.48 bits per heavy atom. The van der Waals surface area contributed by atoms with Crippen LogP contribution in [0.5, 0.6) is 0 Å². The van der Waals surface area contributed by atoms with Gasteiger partial charge in [0.25, 0.3) is 0 Å². The summed E-state index contributed by atoms with van der Waals surface area (Å²) < 4.78 is 6.68. The summed E-state index contributed by atoms with van der Waals surface area (Å²) in [6.07, 6.45) is 4.80. The van der Waals surface area contributed by atoms with Crippen molar-refractivity contribution in [1.29, 1.82) is 0 Å². The maximum atomic E-state index is 12.6. The molecule has 154 valence electrons. The molecule has 5 heterocycles. The molecule has 0 radical (unpaired) electrons. The van der Waals surface area contributed by atoms with Gasteiger partial charge in [0.1, 0.15) is 0 Å². The molecule has 8 nitrogen and oxygen atoms in total. The molecule has 4 aliphatic heterocycles. The molecule has 2 N–H and O–H groups in total. The molecule has 1 atom stereocenters. The van der Waals surface area contributed by atoms with Crippen molar-refractivity contribution in [3.63, 3.8) is 0 Å². The van der Waals surface area contributed by atoms with E-state index in [0.29, 0.717) is 5.92 Å². The highest BCUT2D eigenvalue weighted by Gasteiger charge is 2.37. The second-order valence-electron chi connectivity index (χ2n) is 8.46. The molecular weight excluding hydrogens is 370 g/mol. The number of carbonyl (C=O) groups is 2. The Morgan fingerprint density at radius 1 is 1.07 bits per heavy atom. The molecule has 6 rings (SSSR count). The monoisotopic (exact) mass is 397 g/mol. The van der Waals surface area contributed by atoms with Gasteiger partial charge in [0.05, 0.1) is 11.6 Å². The SMILES string of the molecule is NC(=O)OC(=O)c1nn([C@H]2CN3CCC2CC3)c2ccc(N3CCCCC3)cc12. The summed E-state index contributed by atoms with van der Waals surface area (Å²) in [6, 6.07) is 6.43. The number of esters is 1. The van der Waals surface area contributed by atoms with E-state index in [2.05, 4.69) is 27.0 Å². The van der Waals surface area contributed by atoms with Crippen LogP contribution in [0.2, 0.25) is 0 Å². The van der Waals surface area contributed by atoms with Crippen LogP contribution in [-0.2, 0) is 4.74 Å². The number of hydrogen-bond donors (Lipinski definition) is 1. The van der Waals surface area contributed by atoms with Crippen molar-refractivity contribution >= 4 is 28.7 Å². The Labute approximate surface area is 169 Å². The van der Waals surface area contributed by atoms with Gasteiger partial charge in [-0.2, -0.15) is 5.10 Å². The van der Waals surface area contributed by atoms with Crippen LogP contribution >= 0.6 is 0 Å². The first kappa shape index (κ1) is 18.4. The molecular formula is C21H27N5O3. The molecule has 4 aliphatic rings. The number of piperidine rings is 4. The fourth-order valence-corrected chi connectivity index (χ4v) is 5.23. The smallest absolute Gasteiger partial charge is 0.372 e. The van der Waals surface area contributed by atoms with E-state index in [9.17, 15) is 9.59 Å². The summed E-state index contributed by atoms with van der Waals surface area (Å²) in [7, 11) is 0. The molecule has 1 amide bonds. The highest BCUT2D eigenvalue weighted by Crippen LogP contribution is 2.38. The lowest BCUT2D eigenvalue weighted by Gasteiger charge is -2.44. The number of primary amides is 1. The Balaban J connectivity index is 1.58. The van der Waals surface area contributed by atoms with Crippen LogP contribution in [0.4, 0.5) is 10.5 Å². The molecule has 0 spiro atoms. The first-order valence-corrected chi connectivity index (χ1v) is 10.6. The van der Waals surface area contributed by atoms with Crippen molar-refractivity contribution in [2.75, 3.05) is 37.6 Å². The van der Waals surface area contributed by atoms with E-state index in [-0.39, 0.29) is 11.7 Å². The van der Waals surface area contributed by atoms with Gasteiger partial charge in [-0.1, -0.05) is 0 Å². The number of nitrogens with two attached hydrogens (primary N) is 1. The van der Waals surface area contributed by atoms with E-state index in [4.69, 9.17) is 10.5 Å². The van der Waals surface area contributed by atoms with Crippen molar-refractivity contribution in [3.05, 3.63) is 23.9 Å². The van der Waals surface area contributed by atoms with Crippen LogP contribution in [0.25, 0.3) is 10.9 Å². The van der Waals surface area contributed by atoms with Crippen LogP contribution in [-0.4, -0.2) is 59.5 Å². The zero-order valence-electron chi connectivity index (χ0n) is 16.5. The van der Waals surface area contributed by atoms with E-state index in [1.165, 1.54) is 19.3 Å². The van der Waals surface area contributed by atoms with Gasteiger partial charge in [0.2, 0.25) is 0 Å². The van der Waals surface area contributed by atoms with Gasteiger partial charge in [0, 0.05) is 30.7 Å². The summed E-state index contributed by atoms with van der Waals surface area (Å²) in [6.45, 7) is 5.24. The molecule has 1 aromatic heterocycles. The van der Waals surface area contributed by atoms with Gasteiger partial charge in [-0.3, -0.25) is 4.68 Å². The van der Waals surface area contributed by atoms with Gasteiger partial charge in [-0.05, 0) is 69.3 Å². The third kappa shape index (κ3) is 3.35. The number of anilines is 1. The summed E-state index contributed by atoms with van der Waals surface area (Å²) in [5.74, 6) is -0.219. The largest absolute Gasteiger partial charge is 0.412 e. The van der Waals surface area contributed by atoms with Crippen molar-refractivity contribution in [1.82, 2.24) is 14.7 Å². The van der Waals surface area contributed by atoms with Crippen molar-refractivity contribution in [2.24, 2.45) is 11.7 Å². The Bertz CT molecular complexity index is 941. The average Bonchev–Trinajstić information content (AvgIpc) is 3.13. The number of rotatable bonds is 3. The zero-order valence-corrected chi connectivity index (χ0v) is 16.5. The van der Waals surface area contributed by atoms with E-state index in [1.54, 1.807) is 0 Å². The molecule has 0 saturated carbocycles. The zero-order chi connectivity index (χ0) is 20.0. The number of hydrogen-bond acceptors (Lipinski definition) is 6. The quantitative estimate of drug-likeness (QED) is 0.632. The third-order valence-corrected chi connectivity index (χ3v) is 6.73. The van der Waals surface area contributed by atoms with Gasteiger partial charge in [-0.25, -0.2) is 9.59 Å². The lowest BCUT2D eigenvalue weighted by molar-refractivity contribution is 0.0518. The molecule has 0 aliphatic carbocycles. The normalized spacial score (nSPS) is 26.6. The van der Waals surface area contributed by atoms with Gasteiger partial charge < -0.3 is 20.3 Å². The topological polar surface area (TPSA) is 93.7 Å². The number of ether oxygens (including phenoxy) is 1. The number of nitrogens with zero attached hydrogens (tertiary/aromatic N) is 4. The minimum Gasteiger partial charge on any atom is -0.372 e. The van der Waals surface area contributed by atoms with Crippen molar-refractivity contribution < 1.29 is 14.3 Å². The van der Waals surface area contributed by atoms with Crippen molar-refractivity contribution in [3.8, 4) is 0 Å². The van der Waals surface area contributed by atoms with Crippen LogP contribution in [0.15, 0.2) is 18.2 Å². The number of carbonyl (C=O) groups excluding carboxylic acids is 2. The number of fused-ring (bicyclic) bond motifs is 4. The molecule has 1 aromatic carbocycles. The van der Waals surface area contributed by atoms with Crippen LogP contribution in [0.1, 0.15) is 48.6 Å². The second kappa shape index (κ2) is 7.33. The van der Waals surface area contributed by atoms with Crippen LogP contribution in [0.3, 0.4) is 0 Å². The summed E-state index contributed by atoms with van der Waals surface area (Å²) in [5.41, 5.74) is 7.26. The highest BCUT2D eigenvalue weighted by atomic mass is 16.6. The standard InChI is InChI=1S/C21H27N5O3/c22-21(28)29-20(27)19-16-12-15(25-8-2-1-3-9-25)4-5-17(16)26(23-19)18-13-24-10-6-14(18)7-11-24/h4-5,12,14,18H,1-3,6-11,13H2,(H2,22,28)/t18-/m0/s1. The van der Waals surface area contributed by atoms with Gasteiger partial charge in [0.15, 0.2) is 5.69 Å². The summed E-state index contributed by atoms with van der Waals surface area (Å²) >= 11 is 0. The van der Waals surface area contributed by atoms with Crippen LogP contribution in [0, 0.1) is 5.92 Å². The molecule has 2 bridgehead atoms. The fraction of sp³-hybridized carbons (Fsp3) is 0.571. The molecule has 8 heteroatoms. The van der Waals surface area contributed by atoms with Gasteiger partial charge in [-0.15, -0.1) is 0 Å². The predicted molar refractivity (Wildman–Crippen MR) is 109 cm³/mol. The Hall–Kier alpha value is -2.61. The van der Waals surface area contributed by atoms with E-state index >= 15 is 0 Å². The number of benzene rings is 1. The maximum Gasteiger partial charge on any atom is 0.412 e. The maximum absolute atomic E-state index is 12.6. The summed E-state index contributed by atoms with van der Waals surface area (Å²) in [4.78, 5) is 28.6. The van der Waals surface area contributed by atoms with E-state index in [0.717, 1.165) is 62.2 Å². The predicted octanol–water partition coefficient (Wildman–Crippen LogP) is 2.53. The van der Waals surface area contributed by atoms with Gasteiger partial charge >= 0.3 is 12.1 Å². The Morgan fingerprint density at radius 2 is 1.83 bits per heavy atom. The molecule has 29 heavy (non-hydrogen) atoms. The molecule has 0 unspecified atom stereocenters. The molecule has 2 aromatic rings. The van der Waals surface area contributed by atoms with E-state index in [1.807, 2.05) is 10.7 Å². The minimum atomic E-state index is -1.10. The third-order valence-electron chi connectivity index (χ3n) is 6.73. The number of aromatic nitrogens is 2. The second-order valence-corrected chi connectivity index (χ2v) is 8.46. The summed E-state index contributed by atoms with van der Waals surface area (Å²) in [5, 5.41) is 5.39. The number of amides is 1. The molecule has 4 saturated heterocycles. The fourth-order valence-electron chi connectivity index (χ4n) is 5.23. The lowest BCUT2D eigenvalue weighted by atomic mass is 9.84. The average molecular weight is 397 g/mol. The minimum absolute atomic E-state index is 0.175. The Kier molecular flexibility index (Phi) is 4.66. The highest BCUT2D eigenvalue weighted by molar-refractivity contribution is 6.06. The molecule has 4 fully saturated rings. The van der Waals surface area contributed by atoms with E-state index < -0.39 is 12.1 Å². The lowest BCUT2D eigenvalue weighted by Crippen LogP contribution is -2.48. The van der Waals surface area contributed by atoms with Crippen LogP contribution < -0.4 is 10.6 Å². The first-order chi connectivity index (χ1) is 14.1.